The average molecular weight is 194 g/mol. The predicted molar refractivity (Wildman–Crippen MR) is 59.2 cm³/mol. The molecule has 0 spiro atoms. The van der Waals surface area contributed by atoms with Gasteiger partial charge in [-0.2, -0.15) is 0 Å². The quantitative estimate of drug-likeness (QED) is 0.400. The second kappa shape index (κ2) is 8.30. The molecule has 0 radical (unpaired) electrons. The molecule has 0 aromatic rings. The molecule has 0 aliphatic carbocycles. The molecule has 0 saturated heterocycles. The van der Waals surface area contributed by atoms with Gasteiger partial charge in [-0.3, -0.25) is 0 Å². The molecule has 78 valence electrons. The van der Waals surface area contributed by atoms with Crippen molar-refractivity contribution in [1.29, 1.82) is 0 Å². The van der Waals surface area contributed by atoms with Gasteiger partial charge in [-0.15, -0.1) is 0 Å². The van der Waals surface area contributed by atoms with Crippen LogP contribution in [0.2, 0.25) is 0 Å². The molecular formula is C12H18O2. The summed E-state index contributed by atoms with van der Waals surface area (Å²) in [4.78, 5) is 10.6. The lowest BCUT2D eigenvalue weighted by Crippen LogP contribution is -1.97. The monoisotopic (exact) mass is 194 g/mol. The molecule has 0 aromatic heterocycles. The van der Waals surface area contributed by atoms with Crippen LogP contribution in [0.5, 0.6) is 0 Å². The number of carboxylic acid groups (broad SMARTS) is 1. The first-order valence-corrected chi connectivity index (χ1v) is 4.96. The first kappa shape index (κ1) is 12.7. The van der Waals surface area contributed by atoms with Crippen molar-refractivity contribution in [2.45, 2.75) is 33.1 Å². The number of aliphatic carboxylic acids is 1. The van der Waals surface area contributed by atoms with Crippen molar-refractivity contribution in [3.63, 3.8) is 0 Å². The van der Waals surface area contributed by atoms with Crippen LogP contribution in [-0.4, -0.2) is 11.1 Å². The summed E-state index contributed by atoms with van der Waals surface area (Å²) in [5.74, 6) is -0.832. The number of allylic oxidation sites excluding steroid dienone is 5. The van der Waals surface area contributed by atoms with E-state index in [-0.39, 0.29) is 0 Å². The molecule has 0 atom stereocenters. The van der Waals surface area contributed by atoms with E-state index in [9.17, 15) is 4.79 Å². The molecule has 14 heavy (non-hydrogen) atoms. The van der Waals surface area contributed by atoms with Crippen LogP contribution in [0, 0.1) is 0 Å². The third kappa shape index (κ3) is 6.23. The summed E-state index contributed by atoms with van der Waals surface area (Å²) >= 11 is 0. The Hall–Kier alpha value is -1.31. The molecule has 0 bridgehead atoms. The Morgan fingerprint density at radius 1 is 1.21 bits per heavy atom. The second-order valence-corrected chi connectivity index (χ2v) is 2.89. The number of hydrogen-bond donors (Lipinski definition) is 1. The molecule has 0 aromatic carbocycles. The minimum atomic E-state index is -0.832. The van der Waals surface area contributed by atoms with E-state index in [1.807, 2.05) is 13.0 Å². The van der Waals surface area contributed by atoms with Gasteiger partial charge in [0.25, 0.3) is 0 Å². The van der Waals surface area contributed by atoms with Crippen molar-refractivity contribution in [1.82, 2.24) is 0 Å². The molecule has 0 amide bonds. The topological polar surface area (TPSA) is 37.3 Å². The molecule has 0 aliphatic heterocycles. The standard InChI is InChI=1S/C12H18O2/c1-3-5-6-7-8-9-10-11(4-2)12(13)14/h5-6,8-10H,3-4,7H2,1-2H3,(H,13,14)/b6-5?,9-8?,11-10+. The fourth-order valence-corrected chi connectivity index (χ4v) is 0.945. The lowest BCUT2D eigenvalue weighted by Gasteiger charge is -1.92. The third-order valence-electron chi connectivity index (χ3n) is 1.76. The van der Waals surface area contributed by atoms with Gasteiger partial charge in [0, 0.05) is 5.57 Å². The molecule has 0 heterocycles. The van der Waals surface area contributed by atoms with E-state index < -0.39 is 5.97 Å². The Kier molecular flexibility index (Phi) is 7.52. The molecular weight excluding hydrogens is 176 g/mol. The second-order valence-electron chi connectivity index (χ2n) is 2.89. The van der Waals surface area contributed by atoms with Crippen molar-refractivity contribution >= 4 is 5.97 Å². The van der Waals surface area contributed by atoms with Gasteiger partial charge in [0.2, 0.25) is 0 Å². The summed E-state index contributed by atoms with van der Waals surface area (Å²) in [5, 5.41) is 8.70. The highest BCUT2D eigenvalue weighted by Crippen LogP contribution is 2.01. The maximum Gasteiger partial charge on any atom is 0.331 e. The smallest absolute Gasteiger partial charge is 0.331 e. The Morgan fingerprint density at radius 2 is 1.93 bits per heavy atom. The van der Waals surface area contributed by atoms with Crippen LogP contribution in [0.15, 0.2) is 36.0 Å². The molecule has 1 N–H and O–H groups in total. The molecule has 0 saturated carbocycles. The summed E-state index contributed by atoms with van der Waals surface area (Å²) in [6.07, 6.45) is 12.0. The summed E-state index contributed by atoms with van der Waals surface area (Å²) in [5.41, 5.74) is 0.445. The Balaban J connectivity index is 3.99. The van der Waals surface area contributed by atoms with E-state index >= 15 is 0 Å². The van der Waals surface area contributed by atoms with Crippen molar-refractivity contribution in [2.24, 2.45) is 0 Å². The van der Waals surface area contributed by atoms with Crippen LogP contribution in [0.25, 0.3) is 0 Å². The number of hydrogen-bond acceptors (Lipinski definition) is 1. The zero-order chi connectivity index (χ0) is 10.8. The van der Waals surface area contributed by atoms with E-state index in [0.29, 0.717) is 12.0 Å². The summed E-state index contributed by atoms with van der Waals surface area (Å²) in [6.45, 7) is 3.92. The zero-order valence-electron chi connectivity index (χ0n) is 8.86. The van der Waals surface area contributed by atoms with Gasteiger partial charge >= 0.3 is 5.97 Å². The zero-order valence-corrected chi connectivity index (χ0v) is 8.86. The van der Waals surface area contributed by atoms with Crippen LogP contribution in [-0.2, 0) is 4.79 Å². The normalized spacial score (nSPS) is 12.9. The third-order valence-corrected chi connectivity index (χ3v) is 1.76. The van der Waals surface area contributed by atoms with E-state index in [1.165, 1.54) is 0 Å². The lowest BCUT2D eigenvalue weighted by molar-refractivity contribution is -0.132. The van der Waals surface area contributed by atoms with E-state index in [0.717, 1.165) is 12.8 Å². The number of rotatable bonds is 6. The van der Waals surface area contributed by atoms with Crippen molar-refractivity contribution in [2.75, 3.05) is 0 Å². The van der Waals surface area contributed by atoms with Crippen LogP contribution in [0.3, 0.4) is 0 Å². The largest absolute Gasteiger partial charge is 0.478 e. The molecule has 0 unspecified atom stereocenters. The maximum absolute atomic E-state index is 10.6. The summed E-state index contributed by atoms with van der Waals surface area (Å²) in [6, 6.07) is 0. The van der Waals surface area contributed by atoms with Gasteiger partial charge in [0.05, 0.1) is 0 Å². The molecule has 2 heteroatoms. The predicted octanol–water partition coefficient (Wildman–Crippen LogP) is 3.32. The molecule has 0 rings (SSSR count). The highest BCUT2D eigenvalue weighted by atomic mass is 16.4. The van der Waals surface area contributed by atoms with Gasteiger partial charge in [-0.1, -0.05) is 44.2 Å². The fourth-order valence-electron chi connectivity index (χ4n) is 0.945. The number of carbonyl (C=O) groups is 1. The van der Waals surface area contributed by atoms with Crippen LogP contribution in [0.4, 0.5) is 0 Å². The van der Waals surface area contributed by atoms with Crippen molar-refractivity contribution in [3.8, 4) is 0 Å². The maximum atomic E-state index is 10.6. The van der Waals surface area contributed by atoms with Crippen molar-refractivity contribution < 1.29 is 9.90 Å². The first-order valence-electron chi connectivity index (χ1n) is 4.96. The minimum Gasteiger partial charge on any atom is -0.478 e. The first-order chi connectivity index (χ1) is 6.72. The van der Waals surface area contributed by atoms with Gasteiger partial charge < -0.3 is 5.11 Å². The highest BCUT2D eigenvalue weighted by molar-refractivity contribution is 5.86. The van der Waals surface area contributed by atoms with Gasteiger partial charge in [-0.05, 0) is 19.3 Å². The van der Waals surface area contributed by atoms with Gasteiger partial charge in [-0.25, -0.2) is 4.79 Å². The van der Waals surface area contributed by atoms with Crippen LogP contribution < -0.4 is 0 Å². The lowest BCUT2D eigenvalue weighted by atomic mass is 10.2. The SMILES string of the molecule is CCC=CCC=C/C=C(\CC)C(=O)O. The highest BCUT2D eigenvalue weighted by Gasteiger charge is 2.00. The fraction of sp³-hybridized carbons (Fsp3) is 0.417. The molecule has 2 nitrogen and oxygen atoms in total. The Morgan fingerprint density at radius 3 is 2.43 bits per heavy atom. The van der Waals surface area contributed by atoms with Gasteiger partial charge in [0.1, 0.15) is 0 Å². The average Bonchev–Trinajstić information content (AvgIpc) is 2.16. The Bertz CT molecular complexity index is 247. The molecule has 0 aliphatic rings. The van der Waals surface area contributed by atoms with E-state index in [2.05, 4.69) is 19.1 Å². The summed E-state index contributed by atoms with van der Waals surface area (Å²) < 4.78 is 0. The van der Waals surface area contributed by atoms with Gasteiger partial charge in [0.15, 0.2) is 0 Å². The van der Waals surface area contributed by atoms with E-state index in [1.54, 1.807) is 12.2 Å². The number of carboxylic acids is 1. The summed E-state index contributed by atoms with van der Waals surface area (Å²) in [7, 11) is 0. The van der Waals surface area contributed by atoms with Crippen molar-refractivity contribution in [3.05, 3.63) is 36.0 Å². The van der Waals surface area contributed by atoms with E-state index in [4.69, 9.17) is 5.11 Å². The minimum absolute atomic E-state index is 0.445. The molecule has 0 fully saturated rings. The van der Waals surface area contributed by atoms with Crippen LogP contribution in [0.1, 0.15) is 33.1 Å². The van der Waals surface area contributed by atoms with Crippen LogP contribution >= 0.6 is 0 Å². The Labute approximate surface area is 85.6 Å².